The van der Waals surface area contributed by atoms with Crippen molar-refractivity contribution < 1.29 is 18.0 Å². The quantitative estimate of drug-likeness (QED) is 0.311. The standard InChI is InChI=1S/C31H36BrN3O4S/c1-22-15-17-29(18-16-22)40(38,39)35(28-14-8-11-26(32)19-28)21-30(36)34(20-25-10-5-4-9-23(25)2)24(3)31(37)33-27-12-6-7-13-27/h4-5,8-11,14-19,24,27H,6-7,12-13,20-21H2,1-3H3,(H,33,37)/t24-/m1/s1. The first-order valence-corrected chi connectivity index (χ1v) is 15.8. The smallest absolute Gasteiger partial charge is 0.264 e. The molecule has 0 aliphatic heterocycles. The van der Waals surface area contributed by atoms with E-state index in [1.165, 1.54) is 4.90 Å². The predicted molar refractivity (Wildman–Crippen MR) is 161 cm³/mol. The second kappa shape index (κ2) is 13.0. The van der Waals surface area contributed by atoms with Crippen molar-refractivity contribution in [2.75, 3.05) is 10.8 Å². The molecule has 7 nitrogen and oxygen atoms in total. The average molecular weight is 627 g/mol. The molecular formula is C31H36BrN3O4S. The fourth-order valence-corrected chi connectivity index (χ4v) is 6.74. The third-order valence-corrected chi connectivity index (χ3v) is 9.74. The number of carbonyl (C=O) groups excluding carboxylic acids is 2. The minimum atomic E-state index is -4.10. The van der Waals surface area contributed by atoms with E-state index in [1.807, 2.05) is 38.1 Å². The maximum atomic E-state index is 14.1. The summed E-state index contributed by atoms with van der Waals surface area (Å²) in [5.74, 6) is -0.697. The van der Waals surface area contributed by atoms with Crippen molar-refractivity contribution in [3.63, 3.8) is 0 Å². The van der Waals surface area contributed by atoms with E-state index in [0.717, 1.165) is 46.7 Å². The van der Waals surface area contributed by atoms with Gasteiger partial charge in [-0.25, -0.2) is 8.42 Å². The lowest BCUT2D eigenvalue weighted by Gasteiger charge is -2.33. The number of benzene rings is 3. The summed E-state index contributed by atoms with van der Waals surface area (Å²) < 4.78 is 29.6. The Labute approximate surface area is 245 Å². The Balaban J connectivity index is 1.69. The zero-order chi connectivity index (χ0) is 28.9. The van der Waals surface area contributed by atoms with E-state index in [9.17, 15) is 18.0 Å². The molecule has 4 rings (SSSR count). The lowest BCUT2D eigenvalue weighted by molar-refractivity contribution is -0.139. The summed E-state index contributed by atoms with van der Waals surface area (Å²) in [6, 6.07) is 20.4. The van der Waals surface area contributed by atoms with Crippen LogP contribution < -0.4 is 9.62 Å². The van der Waals surface area contributed by atoms with Crippen molar-refractivity contribution in [3.8, 4) is 0 Å². The van der Waals surface area contributed by atoms with Crippen LogP contribution in [-0.2, 0) is 26.2 Å². The van der Waals surface area contributed by atoms with Gasteiger partial charge in [-0.2, -0.15) is 0 Å². The summed E-state index contributed by atoms with van der Waals surface area (Å²) in [5.41, 5.74) is 3.16. The van der Waals surface area contributed by atoms with Gasteiger partial charge in [-0.15, -0.1) is 0 Å². The van der Waals surface area contributed by atoms with Crippen LogP contribution in [0.4, 0.5) is 5.69 Å². The van der Waals surface area contributed by atoms with Gasteiger partial charge in [0.2, 0.25) is 11.8 Å². The molecule has 3 aromatic rings. The SMILES string of the molecule is Cc1ccc(S(=O)(=O)N(CC(=O)N(Cc2ccccc2C)[C@H](C)C(=O)NC2CCCC2)c2cccc(Br)c2)cc1. The Morgan fingerprint density at radius 2 is 1.65 bits per heavy atom. The summed E-state index contributed by atoms with van der Waals surface area (Å²) >= 11 is 3.42. The number of carbonyl (C=O) groups is 2. The minimum Gasteiger partial charge on any atom is -0.352 e. The van der Waals surface area contributed by atoms with Gasteiger partial charge < -0.3 is 10.2 Å². The van der Waals surface area contributed by atoms with Gasteiger partial charge in [0.25, 0.3) is 10.0 Å². The maximum absolute atomic E-state index is 14.1. The maximum Gasteiger partial charge on any atom is 0.264 e. The van der Waals surface area contributed by atoms with Crippen molar-refractivity contribution in [2.45, 2.75) is 70.0 Å². The highest BCUT2D eigenvalue weighted by molar-refractivity contribution is 9.10. The zero-order valence-corrected chi connectivity index (χ0v) is 25.5. The highest BCUT2D eigenvalue weighted by Crippen LogP contribution is 2.27. The summed E-state index contributed by atoms with van der Waals surface area (Å²) in [5, 5.41) is 3.10. The molecule has 212 valence electrons. The topological polar surface area (TPSA) is 86.8 Å². The number of nitrogens with one attached hydrogen (secondary N) is 1. The fraction of sp³-hybridized carbons (Fsp3) is 0.355. The van der Waals surface area contributed by atoms with Gasteiger partial charge >= 0.3 is 0 Å². The van der Waals surface area contributed by atoms with E-state index in [0.29, 0.717) is 10.2 Å². The van der Waals surface area contributed by atoms with Crippen LogP contribution in [0.2, 0.25) is 0 Å². The highest BCUT2D eigenvalue weighted by atomic mass is 79.9. The van der Waals surface area contributed by atoms with Gasteiger partial charge in [-0.1, -0.05) is 76.8 Å². The molecule has 2 amide bonds. The molecule has 1 saturated carbocycles. The van der Waals surface area contributed by atoms with Crippen molar-refractivity contribution >= 4 is 43.5 Å². The summed E-state index contributed by atoms with van der Waals surface area (Å²) in [6.07, 6.45) is 4.00. The summed E-state index contributed by atoms with van der Waals surface area (Å²) in [4.78, 5) is 29.0. The van der Waals surface area contributed by atoms with E-state index in [-0.39, 0.29) is 23.4 Å². The van der Waals surface area contributed by atoms with Crippen LogP contribution in [0.15, 0.2) is 82.2 Å². The van der Waals surface area contributed by atoms with Crippen molar-refractivity contribution in [3.05, 3.63) is 94.0 Å². The first-order valence-electron chi connectivity index (χ1n) is 13.6. The molecule has 0 spiro atoms. The molecule has 0 aromatic heterocycles. The van der Waals surface area contributed by atoms with Gasteiger partial charge in [-0.3, -0.25) is 13.9 Å². The third-order valence-electron chi connectivity index (χ3n) is 7.45. The molecule has 3 aromatic carbocycles. The number of anilines is 1. The normalized spacial score (nSPS) is 14.5. The molecule has 1 atom stereocenters. The number of halogens is 1. The van der Waals surface area contributed by atoms with E-state index < -0.39 is 28.5 Å². The number of hydrogen-bond acceptors (Lipinski definition) is 4. The predicted octanol–water partition coefficient (Wildman–Crippen LogP) is 5.74. The lowest BCUT2D eigenvalue weighted by atomic mass is 10.1. The molecule has 1 fully saturated rings. The average Bonchev–Trinajstić information content (AvgIpc) is 3.44. The van der Waals surface area contributed by atoms with E-state index >= 15 is 0 Å². The molecule has 0 heterocycles. The van der Waals surface area contributed by atoms with Crippen molar-refractivity contribution in [1.82, 2.24) is 10.2 Å². The molecule has 9 heteroatoms. The lowest BCUT2D eigenvalue weighted by Crippen LogP contribution is -2.52. The second-order valence-corrected chi connectivity index (χ2v) is 13.2. The summed E-state index contributed by atoms with van der Waals surface area (Å²) in [6.45, 7) is 5.27. The molecule has 1 aliphatic carbocycles. The van der Waals surface area contributed by atoms with Crippen LogP contribution in [0.1, 0.15) is 49.3 Å². The second-order valence-electron chi connectivity index (χ2n) is 10.4. The Hall–Kier alpha value is -3.17. The number of nitrogens with zero attached hydrogens (tertiary/aromatic N) is 2. The summed E-state index contributed by atoms with van der Waals surface area (Å²) in [7, 11) is -4.10. The number of hydrogen-bond donors (Lipinski definition) is 1. The molecule has 0 radical (unpaired) electrons. The fourth-order valence-electron chi connectivity index (χ4n) is 4.94. The molecule has 0 saturated heterocycles. The molecule has 0 unspecified atom stereocenters. The number of sulfonamides is 1. The molecular weight excluding hydrogens is 590 g/mol. The molecule has 1 N–H and O–H groups in total. The van der Waals surface area contributed by atoms with Gasteiger partial charge in [0.1, 0.15) is 12.6 Å². The Morgan fingerprint density at radius 3 is 2.30 bits per heavy atom. The van der Waals surface area contributed by atoms with Gasteiger partial charge in [0.05, 0.1) is 10.6 Å². The van der Waals surface area contributed by atoms with E-state index in [1.54, 1.807) is 55.5 Å². The van der Waals surface area contributed by atoms with Crippen molar-refractivity contribution in [1.29, 1.82) is 0 Å². The largest absolute Gasteiger partial charge is 0.352 e. The van der Waals surface area contributed by atoms with Crippen LogP contribution in [-0.4, -0.2) is 43.8 Å². The number of aryl methyl sites for hydroxylation is 2. The van der Waals surface area contributed by atoms with Crippen LogP contribution in [0.3, 0.4) is 0 Å². The van der Waals surface area contributed by atoms with E-state index in [4.69, 9.17) is 0 Å². The van der Waals surface area contributed by atoms with E-state index in [2.05, 4.69) is 21.2 Å². The van der Waals surface area contributed by atoms with Crippen molar-refractivity contribution in [2.24, 2.45) is 0 Å². The van der Waals surface area contributed by atoms with Crippen LogP contribution in [0.25, 0.3) is 0 Å². The Morgan fingerprint density at radius 1 is 0.975 bits per heavy atom. The molecule has 0 bridgehead atoms. The molecule has 40 heavy (non-hydrogen) atoms. The van der Waals surface area contributed by atoms with Crippen LogP contribution >= 0.6 is 15.9 Å². The highest BCUT2D eigenvalue weighted by Gasteiger charge is 2.33. The first kappa shape index (κ1) is 29.8. The monoisotopic (exact) mass is 625 g/mol. The Kier molecular flexibility index (Phi) is 9.68. The van der Waals surface area contributed by atoms with Crippen LogP contribution in [0.5, 0.6) is 0 Å². The number of amides is 2. The third kappa shape index (κ3) is 7.12. The van der Waals surface area contributed by atoms with Gasteiger partial charge in [-0.05, 0) is 75.1 Å². The Bertz CT molecular complexity index is 1450. The first-order chi connectivity index (χ1) is 19.1. The molecule has 1 aliphatic rings. The minimum absolute atomic E-state index is 0.0864. The van der Waals surface area contributed by atoms with Crippen LogP contribution in [0, 0.1) is 13.8 Å². The zero-order valence-electron chi connectivity index (χ0n) is 23.1. The number of rotatable bonds is 10. The van der Waals surface area contributed by atoms with Gasteiger partial charge in [0, 0.05) is 17.1 Å². The van der Waals surface area contributed by atoms with Gasteiger partial charge in [0.15, 0.2) is 0 Å².